The molecule has 0 aliphatic carbocycles. The van der Waals surface area contributed by atoms with Gasteiger partial charge in [-0.2, -0.15) is 0 Å². The van der Waals surface area contributed by atoms with Crippen molar-refractivity contribution in [3.63, 3.8) is 0 Å². The van der Waals surface area contributed by atoms with Crippen molar-refractivity contribution in [3.05, 3.63) is 45.4 Å². The monoisotopic (exact) mass is 296 g/mol. The second-order valence-electron chi connectivity index (χ2n) is 4.19. The fourth-order valence-corrected chi connectivity index (χ4v) is 2.66. The van der Waals surface area contributed by atoms with Crippen LogP contribution in [0.1, 0.15) is 24.3 Å². The number of aromatic nitrogens is 1. The third kappa shape index (κ3) is 2.13. The number of anilines is 1. The molecule has 0 aliphatic heterocycles. The number of hydrogen-bond donors (Lipinski definition) is 1. The summed E-state index contributed by atoms with van der Waals surface area (Å²) in [6, 6.07) is 8.36. The minimum absolute atomic E-state index is 0.0456. The number of nitrogens with zero attached hydrogens (tertiary/aromatic N) is 1. The average Bonchev–Trinajstić information content (AvgIpc) is 2.66. The second kappa shape index (κ2) is 4.18. The van der Waals surface area contributed by atoms with Crippen molar-refractivity contribution in [2.75, 3.05) is 5.73 Å². The fraction of sp³-hybridized carbons (Fsp3) is 0.250. The summed E-state index contributed by atoms with van der Waals surface area (Å²) in [5.74, 6) is 0. The first-order valence-corrected chi connectivity index (χ1v) is 6.59. The Kier molecular flexibility index (Phi) is 3.04. The van der Waals surface area contributed by atoms with Crippen molar-refractivity contribution in [1.82, 2.24) is 4.98 Å². The van der Waals surface area contributed by atoms with Crippen LogP contribution < -0.4 is 5.73 Å². The molecule has 0 amide bonds. The molecular formula is C12H13BrN2S. The Morgan fingerprint density at radius 2 is 1.88 bits per heavy atom. The van der Waals surface area contributed by atoms with E-state index in [-0.39, 0.29) is 5.41 Å². The van der Waals surface area contributed by atoms with Crippen molar-refractivity contribution >= 4 is 32.4 Å². The number of halogens is 1. The summed E-state index contributed by atoms with van der Waals surface area (Å²) in [5.41, 5.74) is 6.90. The maximum Gasteiger partial charge on any atom is 0.180 e. The average molecular weight is 297 g/mol. The van der Waals surface area contributed by atoms with E-state index in [1.54, 1.807) is 11.3 Å². The van der Waals surface area contributed by atoms with Gasteiger partial charge in [-0.1, -0.05) is 41.9 Å². The van der Waals surface area contributed by atoms with E-state index in [1.165, 1.54) is 10.4 Å². The largest absolute Gasteiger partial charge is 0.375 e. The van der Waals surface area contributed by atoms with Crippen molar-refractivity contribution in [2.24, 2.45) is 0 Å². The van der Waals surface area contributed by atoms with Crippen LogP contribution in [0.25, 0.3) is 0 Å². The molecule has 1 heterocycles. The Labute approximate surface area is 108 Å². The van der Waals surface area contributed by atoms with Gasteiger partial charge >= 0.3 is 0 Å². The van der Waals surface area contributed by atoms with Crippen LogP contribution in [0.4, 0.5) is 5.13 Å². The summed E-state index contributed by atoms with van der Waals surface area (Å²) < 4.78 is 1.09. The SMILES string of the molecule is CC(C)(c1ccc(Br)cc1)c1cnc(N)s1. The molecule has 0 fully saturated rings. The van der Waals surface area contributed by atoms with Gasteiger partial charge in [0.05, 0.1) is 0 Å². The molecule has 16 heavy (non-hydrogen) atoms. The highest BCUT2D eigenvalue weighted by Crippen LogP contribution is 2.35. The molecule has 4 heteroatoms. The molecule has 1 aromatic heterocycles. The molecule has 0 saturated carbocycles. The smallest absolute Gasteiger partial charge is 0.180 e. The van der Waals surface area contributed by atoms with Gasteiger partial charge in [0.2, 0.25) is 0 Å². The number of hydrogen-bond acceptors (Lipinski definition) is 3. The number of nitrogens with two attached hydrogens (primary N) is 1. The van der Waals surface area contributed by atoms with E-state index < -0.39 is 0 Å². The molecule has 2 N–H and O–H groups in total. The minimum Gasteiger partial charge on any atom is -0.375 e. The van der Waals surface area contributed by atoms with Gasteiger partial charge in [-0.25, -0.2) is 4.98 Å². The molecule has 84 valence electrons. The lowest BCUT2D eigenvalue weighted by Crippen LogP contribution is -2.16. The number of nitrogen functional groups attached to an aromatic ring is 1. The molecule has 0 unspecified atom stereocenters. The van der Waals surface area contributed by atoms with Crippen LogP contribution in [-0.4, -0.2) is 4.98 Å². The Bertz CT molecular complexity index is 488. The van der Waals surface area contributed by atoms with Crippen LogP contribution in [-0.2, 0) is 5.41 Å². The van der Waals surface area contributed by atoms with Crippen molar-refractivity contribution in [3.8, 4) is 0 Å². The summed E-state index contributed by atoms with van der Waals surface area (Å²) in [4.78, 5) is 5.30. The Hall–Kier alpha value is -0.870. The van der Waals surface area contributed by atoms with Crippen molar-refractivity contribution in [1.29, 1.82) is 0 Å². The molecule has 0 radical (unpaired) electrons. The molecule has 0 aliphatic rings. The first-order chi connectivity index (χ1) is 7.50. The highest BCUT2D eigenvalue weighted by atomic mass is 79.9. The predicted molar refractivity (Wildman–Crippen MR) is 72.8 cm³/mol. The first-order valence-electron chi connectivity index (χ1n) is 4.98. The third-order valence-corrected chi connectivity index (χ3v) is 4.38. The standard InChI is InChI=1S/C12H13BrN2S/c1-12(2,10-7-15-11(14)16-10)8-3-5-9(13)6-4-8/h3-7H,1-2H3,(H2,14,15). The van der Waals surface area contributed by atoms with Gasteiger partial charge < -0.3 is 5.73 Å². The molecule has 2 nitrogen and oxygen atoms in total. The summed E-state index contributed by atoms with van der Waals surface area (Å²) in [6.45, 7) is 4.37. The molecule has 2 rings (SSSR count). The second-order valence-corrected chi connectivity index (χ2v) is 6.17. The van der Waals surface area contributed by atoms with Crippen molar-refractivity contribution < 1.29 is 0 Å². The quantitative estimate of drug-likeness (QED) is 0.915. The Morgan fingerprint density at radius 1 is 1.25 bits per heavy atom. The molecule has 2 aromatic rings. The zero-order chi connectivity index (χ0) is 11.8. The molecule has 0 saturated heterocycles. The van der Waals surface area contributed by atoms with Gasteiger partial charge in [-0.15, -0.1) is 11.3 Å². The van der Waals surface area contributed by atoms with E-state index in [4.69, 9.17) is 5.73 Å². The normalized spacial score (nSPS) is 11.7. The third-order valence-electron chi connectivity index (χ3n) is 2.71. The van der Waals surface area contributed by atoms with Crippen LogP contribution in [0.15, 0.2) is 34.9 Å². The number of rotatable bonds is 2. The van der Waals surface area contributed by atoms with Gasteiger partial charge in [-0.3, -0.25) is 0 Å². The van der Waals surface area contributed by atoms with E-state index in [0.717, 1.165) is 4.47 Å². The number of benzene rings is 1. The maximum absolute atomic E-state index is 5.68. The summed E-state index contributed by atoms with van der Waals surface area (Å²) in [7, 11) is 0. The highest BCUT2D eigenvalue weighted by molar-refractivity contribution is 9.10. The summed E-state index contributed by atoms with van der Waals surface area (Å²) in [6.07, 6.45) is 1.86. The summed E-state index contributed by atoms with van der Waals surface area (Å²) in [5, 5.41) is 0.625. The van der Waals surface area contributed by atoms with Crippen LogP contribution in [0.5, 0.6) is 0 Å². The van der Waals surface area contributed by atoms with Crippen LogP contribution in [0, 0.1) is 0 Å². The maximum atomic E-state index is 5.68. The van der Waals surface area contributed by atoms with E-state index in [1.807, 2.05) is 6.20 Å². The fourth-order valence-electron chi connectivity index (χ4n) is 1.59. The highest BCUT2D eigenvalue weighted by Gasteiger charge is 2.25. The zero-order valence-electron chi connectivity index (χ0n) is 9.20. The van der Waals surface area contributed by atoms with E-state index in [2.05, 4.69) is 59.0 Å². The lowest BCUT2D eigenvalue weighted by atomic mass is 9.84. The van der Waals surface area contributed by atoms with Gasteiger partial charge in [-0.05, 0) is 17.7 Å². The Balaban J connectivity index is 2.42. The molecule has 1 aromatic carbocycles. The lowest BCUT2D eigenvalue weighted by Gasteiger charge is -2.23. The molecular weight excluding hydrogens is 284 g/mol. The molecule has 0 atom stereocenters. The first kappa shape index (κ1) is 11.6. The van der Waals surface area contributed by atoms with E-state index >= 15 is 0 Å². The molecule has 0 bridgehead atoms. The van der Waals surface area contributed by atoms with E-state index in [0.29, 0.717) is 5.13 Å². The number of thiazole rings is 1. The van der Waals surface area contributed by atoms with Crippen LogP contribution >= 0.6 is 27.3 Å². The van der Waals surface area contributed by atoms with Gasteiger partial charge in [0.25, 0.3) is 0 Å². The predicted octanol–water partition coefficient (Wildman–Crippen LogP) is 3.81. The minimum atomic E-state index is -0.0456. The lowest BCUT2D eigenvalue weighted by molar-refractivity contribution is 0.654. The van der Waals surface area contributed by atoms with Gasteiger partial charge in [0.1, 0.15) is 0 Å². The molecule has 0 spiro atoms. The Morgan fingerprint density at radius 3 is 2.38 bits per heavy atom. The topological polar surface area (TPSA) is 38.9 Å². The van der Waals surface area contributed by atoms with Gasteiger partial charge in [0, 0.05) is 21.0 Å². The van der Waals surface area contributed by atoms with Crippen molar-refractivity contribution in [2.45, 2.75) is 19.3 Å². The van der Waals surface area contributed by atoms with E-state index in [9.17, 15) is 0 Å². The van der Waals surface area contributed by atoms with Crippen LogP contribution in [0.2, 0.25) is 0 Å². The zero-order valence-corrected chi connectivity index (χ0v) is 11.6. The summed E-state index contributed by atoms with van der Waals surface area (Å²) >= 11 is 4.99. The van der Waals surface area contributed by atoms with Gasteiger partial charge in [0.15, 0.2) is 5.13 Å². The van der Waals surface area contributed by atoms with Crippen LogP contribution in [0.3, 0.4) is 0 Å².